The van der Waals surface area contributed by atoms with Gasteiger partial charge in [0, 0.05) is 13.1 Å². The maximum atomic E-state index is 12.5. The number of hydrogen-bond donors (Lipinski definition) is 3. The molecule has 2 rings (SSSR count). The number of quaternary nitrogens is 1. The number of carbonyl (C=O) groups is 2. The van der Waals surface area contributed by atoms with Crippen molar-refractivity contribution in [3.05, 3.63) is 24.3 Å². The van der Waals surface area contributed by atoms with Gasteiger partial charge in [0.2, 0.25) is 5.91 Å². The Balaban J connectivity index is 1.83. The van der Waals surface area contributed by atoms with E-state index in [0.29, 0.717) is 25.4 Å². The van der Waals surface area contributed by atoms with E-state index in [1.54, 1.807) is 11.0 Å². The number of likely N-dealkylation sites (N-methyl/N-ethyl adjacent to an activating group) is 2. The minimum atomic E-state index is -0.114. The highest BCUT2D eigenvalue weighted by molar-refractivity contribution is 5.85. The molecule has 1 fully saturated rings. The molecule has 138 valence electrons. The van der Waals surface area contributed by atoms with E-state index in [0.717, 1.165) is 31.9 Å². The van der Waals surface area contributed by atoms with Gasteiger partial charge < -0.3 is 25.1 Å². The highest BCUT2D eigenvalue weighted by Gasteiger charge is 2.26. The summed E-state index contributed by atoms with van der Waals surface area (Å²) < 4.78 is 0. The van der Waals surface area contributed by atoms with Gasteiger partial charge in [0.05, 0.1) is 38.4 Å². The van der Waals surface area contributed by atoms with Crippen LogP contribution in [0.2, 0.25) is 0 Å². The van der Waals surface area contributed by atoms with Crippen LogP contribution < -0.4 is 15.1 Å². The number of anilines is 1. The van der Waals surface area contributed by atoms with Crippen LogP contribution in [0.3, 0.4) is 0 Å². The molecule has 0 saturated carbocycles. The second-order valence-electron chi connectivity index (χ2n) is 6.26. The van der Waals surface area contributed by atoms with E-state index in [4.69, 9.17) is 0 Å². The van der Waals surface area contributed by atoms with Gasteiger partial charge in [-0.3, -0.25) is 9.59 Å². The predicted molar refractivity (Wildman–Crippen MR) is 96.8 cm³/mol. The predicted octanol–water partition coefficient (Wildman–Crippen LogP) is -0.918. The zero-order valence-corrected chi connectivity index (χ0v) is 15.1. The molecule has 2 amide bonds. The Morgan fingerprint density at radius 3 is 2.52 bits per heavy atom. The molecule has 0 aliphatic carbocycles. The van der Waals surface area contributed by atoms with Crippen LogP contribution in [0.5, 0.6) is 5.75 Å². The van der Waals surface area contributed by atoms with Crippen molar-refractivity contribution in [2.75, 3.05) is 57.3 Å². The first-order chi connectivity index (χ1) is 12.0. The van der Waals surface area contributed by atoms with Gasteiger partial charge in [0.25, 0.3) is 5.91 Å². The second kappa shape index (κ2) is 9.27. The fraction of sp³-hybridized carbons (Fsp3) is 0.556. The summed E-state index contributed by atoms with van der Waals surface area (Å²) in [5.74, 6) is 0.193. The number of hydrogen-bond acceptors (Lipinski definition) is 4. The molecule has 0 radical (unpaired) electrons. The van der Waals surface area contributed by atoms with E-state index in [9.17, 15) is 14.7 Å². The molecule has 1 aromatic carbocycles. The first kappa shape index (κ1) is 19.1. The molecule has 7 heteroatoms. The van der Waals surface area contributed by atoms with Crippen LogP contribution in [0, 0.1) is 0 Å². The number of carbonyl (C=O) groups excluding carboxylic acids is 2. The lowest BCUT2D eigenvalue weighted by Gasteiger charge is -2.34. The van der Waals surface area contributed by atoms with Crippen LogP contribution in [0.1, 0.15) is 13.8 Å². The summed E-state index contributed by atoms with van der Waals surface area (Å²) in [6.45, 7) is 8.65. The summed E-state index contributed by atoms with van der Waals surface area (Å²) in [7, 11) is 0. The van der Waals surface area contributed by atoms with Gasteiger partial charge in [-0.1, -0.05) is 12.1 Å². The van der Waals surface area contributed by atoms with Gasteiger partial charge in [-0.25, -0.2) is 0 Å². The van der Waals surface area contributed by atoms with Crippen LogP contribution >= 0.6 is 0 Å². The molecule has 0 bridgehead atoms. The molecular weight excluding hydrogens is 320 g/mol. The Morgan fingerprint density at radius 2 is 1.92 bits per heavy atom. The lowest BCUT2D eigenvalue weighted by molar-refractivity contribution is -0.892. The third kappa shape index (κ3) is 5.35. The van der Waals surface area contributed by atoms with Gasteiger partial charge >= 0.3 is 0 Å². The molecule has 0 unspecified atom stereocenters. The van der Waals surface area contributed by atoms with Crippen molar-refractivity contribution < 1.29 is 19.6 Å². The summed E-state index contributed by atoms with van der Waals surface area (Å²) in [5, 5.41) is 12.7. The number of phenolic OH excluding ortho intramolecular Hbond substituents is 1. The second-order valence-corrected chi connectivity index (χ2v) is 6.26. The fourth-order valence-corrected chi connectivity index (χ4v) is 3.10. The quantitative estimate of drug-likeness (QED) is 0.595. The lowest BCUT2D eigenvalue weighted by atomic mass is 10.2. The Kier molecular flexibility index (Phi) is 7.06. The highest BCUT2D eigenvalue weighted by Crippen LogP contribution is 2.25. The van der Waals surface area contributed by atoms with Gasteiger partial charge in [0.15, 0.2) is 6.54 Å². The maximum absolute atomic E-state index is 12.5. The van der Waals surface area contributed by atoms with E-state index in [1.807, 2.05) is 32.0 Å². The first-order valence-electron chi connectivity index (χ1n) is 8.96. The average molecular weight is 349 g/mol. The van der Waals surface area contributed by atoms with E-state index < -0.39 is 0 Å². The Hall–Kier alpha value is -2.28. The summed E-state index contributed by atoms with van der Waals surface area (Å²) in [4.78, 5) is 29.1. The minimum Gasteiger partial charge on any atom is -0.506 e. The van der Waals surface area contributed by atoms with Crippen molar-refractivity contribution in [1.82, 2.24) is 10.2 Å². The van der Waals surface area contributed by atoms with Crippen LogP contribution in [-0.2, 0) is 9.59 Å². The Bertz CT molecular complexity index is 585. The number of rotatable bonds is 7. The monoisotopic (exact) mass is 349 g/mol. The van der Waals surface area contributed by atoms with Crippen molar-refractivity contribution in [3.8, 4) is 5.75 Å². The number of aromatic hydroxyl groups is 1. The van der Waals surface area contributed by atoms with Crippen LogP contribution in [0.4, 0.5) is 5.69 Å². The molecule has 1 aromatic rings. The number of nitrogens with one attached hydrogen (secondary N) is 2. The van der Waals surface area contributed by atoms with Gasteiger partial charge in [0.1, 0.15) is 5.75 Å². The number of amides is 2. The van der Waals surface area contributed by atoms with Gasteiger partial charge in [-0.2, -0.15) is 0 Å². The molecule has 0 aromatic heterocycles. The van der Waals surface area contributed by atoms with Gasteiger partial charge in [-0.15, -0.1) is 0 Å². The summed E-state index contributed by atoms with van der Waals surface area (Å²) in [6, 6.07) is 7.33. The number of benzene rings is 1. The SMILES string of the molecule is CCNC(=O)CN(CC)C(=O)C[NH+]1CCN(c2ccccc2O)CC1. The van der Waals surface area contributed by atoms with Crippen molar-refractivity contribution in [2.24, 2.45) is 0 Å². The number of phenols is 1. The smallest absolute Gasteiger partial charge is 0.278 e. The van der Waals surface area contributed by atoms with Crippen molar-refractivity contribution >= 4 is 17.5 Å². The Labute approximate surface area is 149 Å². The van der Waals surface area contributed by atoms with Crippen molar-refractivity contribution in [2.45, 2.75) is 13.8 Å². The third-order valence-electron chi connectivity index (χ3n) is 4.54. The van der Waals surface area contributed by atoms with Crippen LogP contribution in [-0.4, -0.2) is 74.2 Å². The molecule has 3 N–H and O–H groups in total. The molecule has 1 saturated heterocycles. The summed E-state index contributed by atoms with van der Waals surface area (Å²) >= 11 is 0. The highest BCUT2D eigenvalue weighted by atomic mass is 16.3. The summed E-state index contributed by atoms with van der Waals surface area (Å²) in [6.07, 6.45) is 0. The third-order valence-corrected chi connectivity index (χ3v) is 4.54. The van der Waals surface area contributed by atoms with Gasteiger partial charge in [-0.05, 0) is 26.0 Å². The van der Waals surface area contributed by atoms with E-state index in [1.165, 1.54) is 4.90 Å². The zero-order valence-electron chi connectivity index (χ0n) is 15.1. The molecule has 1 aliphatic rings. The largest absolute Gasteiger partial charge is 0.506 e. The maximum Gasteiger partial charge on any atom is 0.278 e. The molecule has 1 heterocycles. The number of nitrogens with zero attached hydrogens (tertiary/aromatic N) is 2. The molecule has 25 heavy (non-hydrogen) atoms. The minimum absolute atomic E-state index is 0.0137. The standard InChI is InChI=1S/C18H28N4O3/c1-3-19-17(24)13-21(4-2)18(25)14-20-9-11-22(12-10-20)15-7-5-6-8-16(15)23/h5-8,23H,3-4,9-14H2,1-2H3,(H,19,24)/p+1. The van der Waals surface area contributed by atoms with Crippen LogP contribution in [0.25, 0.3) is 0 Å². The molecule has 0 spiro atoms. The topological polar surface area (TPSA) is 77.3 Å². The number of para-hydroxylation sites is 2. The zero-order chi connectivity index (χ0) is 18.2. The average Bonchev–Trinajstić information content (AvgIpc) is 2.61. The van der Waals surface area contributed by atoms with Crippen molar-refractivity contribution in [1.29, 1.82) is 0 Å². The number of piperazine rings is 1. The molecular formula is C18H29N4O3+. The van der Waals surface area contributed by atoms with E-state index in [2.05, 4.69) is 10.2 Å². The van der Waals surface area contributed by atoms with Crippen molar-refractivity contribution in [3.63, 3.8) is 0 Å². The molecule has 7 nitrogen and oxygen atoms in total. The van der Waals surface area contributed by atoms with E-state index in [-0.39, 0.29) is 18.4 Å². The normalized spacial score (nSPS) is 15.0. The first-order valence-corrected chi connectivity index (χ1v) is 8.96. The lowest BCUT2D eigenvalue weighted by Crippen LogP contribution is -3.15. The van der Waals surface area contributed by atoms with E-state index >= 15 is 0 Å². The molecule has 1 aliphatic heterocycles. The fourth-order valence-electron chi connectivity index (χ4n) is 3.10. The molecule has 0 atom stereocenters. The summed E-state index contributed by atoms with van der Waals surface area (Å²) in [5.41, 5.74) is 0.847. The van der Waals surface area contributed by atoms with Crippen LogP contribution in [0.15, 0.2) is 24.3 Å². The Morgan fingerprint density at radius 1 is 1.24 bits per heavy atom.